The highest BCUT2D eigenvalue weighted by molar-refractivity contribution is 6.24. The molecule has 0 heterocycles. The van der Waals surface area contributed by atoms with Crippen molar-refractivity contribution in [2.45, 2.75) is 6.92 Å². The Morgan fingerprint density at radius 1 is 1.07 bits per heavy atom. The average molecular weight is 212 g/mol. The zero-order valence-corrected chi connectivity index (χ0v) is 8.53. The van der Waals surface area contributed by atoms with Crippen LogP contribution in [0.25, 0.3) is 0 Å². The molecular formula is C10H12O5. The molecule has 0 aromatic heterocycles. The van der Waals surface area contributed by atoms with Crippen LogP contribution in [0, 0.1) is 0 Å². The summed E-state index contributed by atoms with van der Waals surface area (Å²) in [6.45, 7) is 0.304. The number of rotatable bonds is 3. The van der Waals surface area contributed by atoms with Crippen LogP contribution in [0.5, 0.6) is 0 Å². The summed E-state index contributed by atoms with van der Waals surface area (Å²) in [5.41, 5.74) is 0.00880. The van der Waals surface area contributed by atoms with Crippen molar-refractivity contribution in [3.63, 3.8) is 0 Å². The van der Waals surface area contributed by atoms with Gasteiger partial charge in [0.05, 0.1) is 20.3 Å². The Morgan fingerprint density at radius 3 is 1.93 bits per heavy atom. The first kappa shape index (κ1) is 11.6. The van der Waals surface area contributed by atoms with E-state index in [1.54, 1.807) is 0 Å². The fraction of sp³-hybridized carbons (Fsp3) is 0.400. The normalized spacial score (nSPS) is 17.6. The smallest absolute Gasteiger partial charge is 0.226 e. The van der Waals surface area contributed by atoms with E-state index in [1.807, 2.05) is 0 Å². The molecule has 0 saturated carbocycles. The number of Topliss-reactive ketones (excluding diaryl/α,β-unsaturated/α-hetero) is 2. The highest BCUT2D eigenvalue weighted by Gasteiger charge is 2.32. The van der Waals surface area contributed by atoms with Gasteiger partial charge >= 0.3 is 0 Å². The van der Waals surface area contributed by atoms with Crippen LogP contribution in [-0.4, -0.2) is 42.1 Å². The first-order valence-corrected chi connectivity index (χ1v) is 4.36. The first-order chi connectivity index (χ1) is 7.08. The maximum Gasteiger partial charge on any atom is 0.226 e. The summed E-state index contributed by atoms with van der Waals surface area (Å²) in [6, 6.07) is 0. The van der Waals surface area contributed by atoms with E-state index in [1.165, 1.54) is 14.0 Å². The number of ketones is 2. The number of allylic oxidation sites excluding steroid dienone is 2. The topological polar surface area (TPSA) is 83.8 Å². The summed E-state index contributed by atoms with van der Waals surface area (Å²) >= 11 is 0. The van der Waals surface area contributed by atoms with E-state index in [0.29, 0.717) is 0 Å². The number of hydrogen-bond acceptors (Lipinski definition) is 5. The minimum absolute atomic E-state index is 0.0548. The number of hydrogen-bond donors (Lipinski definition) is 2. The Kier molecular flexibility index (Phi) is 3.39. The van der Waals surface area contributed by atoms with Crippen molar-refractivity contribution in [3.8, 4) is 0 Å². The lowest BCUT2D eigenvalue weighted by molar-refractivity contribution is -0.119. The van der Waals surface area contributed by atoms with E-state index in [2.05, 4.69) is 0 Å². The SMILES string of the molecule is COC1=C(C)C(=O)C(CO)=C(CO)C1=O. The van der Waals surface area contributed by atoms with Gasteiger partial charge in [0.1, 0.15) is 0 Å². The Labute approximate surface area is 86.7 Å². The molecule has 15 heavy (non-hydrogen) atoms. The number of aliphatic hydroxyl groups is 2. The van der Waals surface area contributed by atoms with Crippen LogP contribution < -0.4 is 0 Å². The summed E-state index contributed by atoms with van der Waals surface area (Å²) in [7, 11) is 1.28. The van der Waals surface area contributed by atoms with E-state index < -0.39 is 24.8 Å². The Balaban J connectivity index is 3.31. The summed E-state index contributed by atoms with van der Waals surface area (Å²) < 4.78 is 4.79. The molecule has 5 heteroatoms. The van der Waals surface area contributed by atoms with Crippen LogP contribution in [0.1, 0.15) is 6.92 Å². The molecule has 0 spiro atoms. The van der Waals surface area contributed by atoms with Gasteiger partial charge in [-0.2, -0.15) is 0 Å². The molecule has 1 aliphatic rings. The van der Waals surface area contributed by atoms with Crippen molar-refractivity contribution in [1.82, 2.24) is 0 Å². The molecule has 0 atom stereocenters. The van der Waals surface area contributed by atoms with Gasteiger partial charge in [-0.3, -0.25) is 9.59 Å². The summed E-state index contributed by atoms with van der Waals surface area (Å²) in [4.78, 5) is 23.3. The predicted molar refractivity (Wildman–Crippen MR) is 50.9 cm³/mol. The molecule has 5 nitrogen and oxygen atoms in total. The van der Waals surface area contributed by atoms with Gasteiger partial charge in [-0.15, -0.1) is 0 Å². The van der Waals surface area contributed by atoms with E-state index in [9.17, 15) is 9.59 Å². The largest absolute Gasteiger partial charge is 0.492 e. The molecule has 0 aromatic carbocycles. The molecule has 0 fully saturated rings. The fourth-order valence-electron chi connectivity index (χ4n) is 1.49. The molecule has 2 N–H and O–H groups in total. The Bertz CT molecular complexity index is 375. The van der Waals surface area contributed by atoms with Crippen molar-refractivity contribution in [1.29, 1.82) is 0 Å². The van der Waals surface area contributed by atoms with Crippen molar-refractivity contribution in [3.05, 3.63) is 22.5 Å². The number of carbonyl (C=O) groups is 2. The molecule has 0 amide bonds. The minimum atomic E-state index is -0.583. The van der Waals surface area contributed by atoms with Crippen molar-refractivity contribution >= 4 is 11.6 Å². The van der Waals surface area contributed by atoms with Gasteiger partial charge in [-0.05, 0) is 6.92 Å². The Hall–Kier alpha value is -1.46. The van der Waals surface area contributed by atoms with Crippen LogP contribution >= 0.6 is 0 Å². The second-order valence-electron chi connectivity index (χ2n) is 3.09. The maximum absolute atomic E-state index is 11.6. The van der Waals surface area contributed by atoms with E-state index >= 15 is 0 Å². The summed E-state index contributed by atoms with van der Waals surface area (Å²) in [6.07, 6.45) is 0. The molecule has 1 aliphatic carbocycles. The summed E-state index contributed by atoms with van der Waals surface area (Å²) in [5.74, 6) is -1.07. The van der Waals surface area contributed by atoms with Gasteiger partial charge in [0.2, 0.25) is 5.78 Å². The van der Waals surface area contributed by atoms with Crippen LogP contribution in [0.2, 0.25) is 0 Å². The van der Waals surface area contributed by atoms with E-state index in [0.717, 1.165) is 0 Å². The molecule has 82 valence electrons. The lowest BCUT2D eigenvalue weighted by Crippen LogP contribution is -2.27. The van der Waals surface area contributed by atoms with Gasteiger partial charge in [-0.1, -0.05) is 0 Å². The quantitative estimate of drug-likeness (QED) is 0.607. The third-order valence-corrected chi connectivity index (χ3v) is 2.32. The van der Waals surface area contributed by atoms with Crippen LogP contribution in [0.4, 0.5) is 0 Å². The van der Waals surface area contributed by atoms with Crippen molar-refractivity contribution in [2.75, 3.05) is 20.3 Å². The first-order valence-electron chi connectivity index (χ1n) is 4.36. The number of methoxy groups -OCH3 is 1. The molecule has 0 bridgehead atoms. The molecule has 0 radical (unpaired) electrons. The predicted octanol–water partition coefficient (Wildman–Crippen LogP) is -0.660. The zero-order valence-electron chi connectivity index (χ0n) is 8.53. The van der Waals surface area contributed by atoms with Crippen molar-refractivity contribution in [2.24, 2.45) is 0 Å². The van der Waals surface area contributed by atoms with E-state index in [4.69, 9.17) is 14.9 Å². The number of ether oxygens (including phenoxy) is 1. The van der Waals surface area contributed by atoms with Gasteiger partial charge in [0.15, 0.2) is 11.5 Å². The molecule has 1 rings (SSSR count). The second-order valence-corrected chi connectivity index (χ2v) is 3.09. The second kappa shape index (κ2) is 4.37. The third kappa shape index (κ3) is 1.71. The standard InChI is InChI=1S/C10H12O5/c1-5-8(13)6(3-11)7(4-12)9(14)10(5)15-2/h11-12H,3-4H2,1-2H3. The average Bonchev–Trinajstić information content (AvgIpc) is 2.23. The fourth-order valence-corrected chi connectivity index (χ4v) is 1.49. The highest BCUT2D eigenvalue weighted by atomic mass is 16.5. The van der Waals surface area contributed by atoms with Gasteiger partial charge in [-0.25, -0.2) is 0 Å². The van der Waals surface area contributed by atoms with Gasteiger partial charge in [0.25, 0.3) is 0 Å². The number of carbonyl (C=O) groups excluding carboxylic acids is 2. The molecule has 0 aliphatic heterocycles. The molecular weight excluding hydrogens is 200 g/mol. The molecule has 0 aromatic rings. The minimum Gasteiger partial charge on any atom is -0.492 e. The third-order valence-electron chi connectivity index (χ3n) is 2.32. The molecule has 0 unspecified atom stereocenters. The van der Waals surface area contributed by atoms with Gasteiger partial charge in [0, 0.05) is 16.7 Å². The van der Waals surface area contributed by atoms with Gasteiger partial charge < -0.3 is 14.9 Å². The van der Waals surface area contributed by atoms with E-state index in [-0.39, 0.29) is 22.5 Å². The number of aliphatic hydroxyl groups excluding tert-OH is 2. The monoisotopic (exact) mass is 212 g/mol. The lowest BCUT2D eigenvalue weighted by Gasteiger charge is -2.18. The van der Waals surface area contributed by atoms with Crippen LogP contribution in [0.15, 0.2) is 22.5 Å². The molecule has 0 saturated heterocycles. The zero-order chi connectivity index (χ0) is 11.6. The lowest BCUT2D eigenvalue weighted by atomic mass is 9.89. The van der Waals surface area contributed by atoms with Crippen molar-refractivity contribution < 1.29 is 24.5 Å². The van der Waals surface area contributed by atoms with Crippen LogP contribution in [0.3, 0.4) is 0 Å². The maximum atomic E-state index is 11.6. The van der Waals surface area contributed by atoms with Crippen LogP contribution in [-0.2, 0) is 14.3 Å². The Morgan fingerprint density at radius 2 is 1.53 bits per heavy atom. The summed E-state index contributed by atoms with van der Waals surface area (Å²) in [5, 5.41) is 17.9. The highest BCUT2D eigenvalue weighted by Crippen LogP contribution is 2.24.